The number of anilines is 1. The van der Waals surface area contributed by atoms with Gasteiger partial charge in [-0.1, -0.05) is 43.7 Å². The second-order valence-corrected chi connectivity index (χ2v) is 6.81. The lowest BCUT2D eigenvalue weighted by Gasteiger charge is -2.21. The fourth-order valence-corrected chi connectivity index (χ4v) is 3.31. The van der Waals surface area contributed by atoms with Gasteiger partial charge in [0, 0.05) is 17.5 Å². The second-order valence-electron chi connectivity index (χ2n) is 5.96. The van der Waals surface area contributed by atoms with Crippen molar-refractivity contribution in [3.05, 3.63) is 33.3 Å². The van der Waals surface area contributed by atoms with Crippen LogP contribution in [0.3, 0.4) is 0 Å². The standard InChI is InChI=1S/C16H20ClN3O3S/c17-12-7-8-13(14(10-12)20(22)23)18-16(24)19-15(21)9-6-11-4-2-1-3-5-11/h7-8,10-11H,1-6,9H2,(H2,18,19,21,24). The van der Waals surface area contributed by atoms with Crippen molar-refractivity contribution in [2.24, 2.45) is 5.92 Å². The lowest BCUT2D eigenvalue weighted by Crippen LogP contribution is -2.34. The molecule has 1 aromatic carbocycles. The Morgan fingerprint density at radius 1 is 1.33 bits per heavy atom. The molecule has 1 saturated carbocycles. The van der Waals surface area contributed by atoms with Crippen molar-refractivity contribution in [3.8, 4) is 0 Å². The number of nitro groups is 1. The molecule has 24 heavy (non-hydrogen) atoms. The quantitative estimate of drug-likeness (QED) is 0.456. The Labute approximate surface area is 151 Å². The first kappa shape index (κ1) is 18.6. The highest BCUT2D eigenvalue weighted by molar-refractivity contribution is 7.80. The van der Waals surface area contributed by atoms with Crippen LogP contribution in [0.2, 0.25) is 5.02 Å². The van der Waals surface area contributed by atoms with Gasteiger partial charge < -0.3 is 10.6 Å². The van der Waals surface area contributed by atoms with Gasteiger partial charge in [0.25, 0.3) is 5.69 Å². The predicted octanol–water partition coefficient (Wildman–Crippen LogP) is 4.42. The van der Waals surface area contributed by atoms with Gasteiger partial charge in [0.05, 0.1) is 4.92 Å². The Hall–Kier alpha value is -1.73. The summed E-state index contributed by atoms with van der Waals surface area (Å²) >= 11 is 10.8. The summed E-state index contributed by atoms with van der Waals surface area (Å²) in [5.41, 5.74) is 0.00304. The summed E-state index contributed by atoms with van der Waals surface area (Å²) in [4.78, 5) is 22.4. The molecule has 0 bridgehead atoms. The second kappa shape index (κ2) is 8.94. The highest BCUT2D eigenvalue weighted by Gasteiger charge is 2.17. The summed E-state index contributed by atoms with van der Waals surface area (Å²) in [5.74, 6) is 0.443. The smallest absolute Gasteiger partial charge is 0.294 e. The van der Waals surface area contributed by atoms with E-state index in [1.54, 1.807) is 0 Å². The van der Waals surface area contributed by atoms with Crippen LogP contribution in [-0.2, 0) is 4.79 Å². The highest BCUT2D eigenvalue weighted by atomic mass is 35.5. The maximum atomic E-state index is 12.0. The molecule has 1 aliphatic rings. The minimum Gasteiger partial charge on any atom is -0.327 e. The number of carbonyl (C=O) groups is 1. The number of nitrogens with one attached hydrogen (secondary N) is 2. The third kappa shape index (κ3) is 5.72. The minimum atomic E-state index is -0.554. The van der Waals surface area contributed by atoms with Gasteiger partial charge in [0.2, 0.25) is 5.91 Å². The summed E-state index contributed by atoms with van der Waals surface area (Å²) in [6, 6.07) is 4.21. The number of carbonyl (C=O) groups excluding carboxylic acids is 1. The summed E-state index contributed by atoms with van der Waals surface area (Å²) in [6.07, 6.45) is 7.42. The number of nitrogens with zero attached hydrogens (tertiary/aromatic N) is 1. The van der Waals surface area contributed by atoms with Crippen LogP contribution in [0.15, 0.2) is 18.2 Å². The van der Waals surface area contributed by atoms with Crippen LogP contribution in [0.5, 0.6) is 0 Å². The van der Waals surface area contributed by atoms with E-state index in [-0.39, 0.29) is 27.4 Å². The number of thiocarbonyl (C=S) groups is 1. The average Bonchev–Trinajstić information content (AvgIpc) is 2.55. The number of benzene rings is 1. The molecule has 0 atom stereocenters. The topological polar surface area (TPSA) is 84.3 Å². The average molecular weight is 370 g/mol. The summed E-state index contributed by atoms with van der Waals surface area (Å²) in [5, 5.41) is 16.6. The SMILES string of the molecule is O=C(CCC1CCCCC1)NC(=S)Nc1ccc(Cl)cc1[N+](=O)[O-]. The maximum absolute atomic E-state index is 12.0. The first-order valence-electron chi connectivity index (χ1n) is 8.00. The van der Waals surface area contributed by atoms with E-state index in [1.165, 1.54) is 50.3 Å². The number of hydrogen-bond acceptors (Lipinski definition) is 4. The van der Waals surface area contributed by atoms with Gasteiger partial charge in [0.1, 0.15) is 5.69 Å². The zero-order valence-corrected chi connectivity index (χ0v) is 14.8. The molecule has 1 aromatic rings. The fourth-order valence-electron chi connectivity index (χ4n) is 2.92. The Morgan fingerprint density at radius 2 is 2.04 bits per heavy atom. The van der Waals surface area contributed by atoms with E-state index in [1.807, 2.05) is 0 Å². The third-order valence-corrected chi connectivity index (χ3v) is 4.60. The first-order chi connectivity index (χ1) is 11.5. The molecule has 0 aromatic heterocycles. The number of halogens is 1. The molecule has 1 aliphatic carbocycles. The van der Waals surface area contributed by atoms with Gasteiger partial charge >= 0.3 is 0 Å². The summed E-state index contributed by atoms with van der Waals surface area (Å²) < 4.78 is 0. The molecular formula is C16H20ClN3O3S. The van der Waals surface area contributed by atoms with Gasteiger partial charge in [-0.25, -0.2) is 0 Å². The van der Waals surface area contributed by atoms with Crippen LogP contribution >= 0.6 is 23.8 Å². The molecule has 2 rings (SSSR count). The minimum absolute atomic E-state index is 0.0501. The molecule has 2 N–H and O–H groups in total. The number of nitro benzene ring substituents is 1. The monoisotopic (exact) mass is 369 g/mol. The molecule has 0 spiro atoms. The molecule has 1 amide bonds. The molecular weight excluding hydrogens is 350 g/mol. The van der Waals surface area contributed by atoms with E-state index in [2.05, 4.69) is 10.6 Å². The van der Waals surface area contributed by atoms with Crippen molar-refractivity contribution < 1.29 is 9.72 Å². The number of rotatable bonds is 5. The summed E-state index contributed by atoms with van der Waals surface area (Å²) in [7, 11) is 0. The van der Waals surface area contributed by atoms with Crippen molar-refractivity contribution in [1.82, 2.24) is 5.32 Å². The Bertz CT molecular complexity index is 633. The van der Waals surface area contributed by atoms with Crippen molar-refractivity contribution in [2.75, 3.05) is 5.32 Å². The van der Waals surface area contributed by atoms with E-state index in [4.69, 9.17) is 23.8 Å². The van der Waals surface area contributed by atoms with Crippen LogP contribution in [0.1, 0.15) is 44.9 Å². The van der Waals surface area contributed by atoms with Gasteiger partial charge in [-0.15, -0.1) is 0 Å². The molecule has 0 unspecified atom stereocenters. The number of hydrogen-bond donors (Lipinski definition) is 2. The Kier molecular flexibility index (Phi) is 6.93. The third-order valence-electron chi connectivity index (χ3n) is 4.16. The van der Waals surface area contributed by atoms with E-state index in [0.29, 0.717) is 12.3 Å². The van der Waals surface area contributed by atoms with E-state index in [0.717, 1.165) is 6.42 Å². The molecule has 0 radical (unpaired) electrons. The normalized spacial score (nSPS) is 14.9. The van der Waals surface area contributed by atoms with E-state index >= 15 is 0 Å². The van der Waals surface area contributed by atoms with Gasteiger partial charge in [-0.2, -0.15) is 0 Å². The van der Waals surface area contributed by atoms with Crippen LogP contribution in [0.25, 0.3) is 0 Å². The Morgan fingerprint density at radius 3 is 2.71 bits per heavy atom. The molecule has 6 nitrogen and oxygen atoms in total. The van der Waals surface area contributed by atoms with Crippen molar-refractivity contribution in [1.29, 1.82) is 0 Å². The van der Waals surface area contributed by atoms with Crippen LogP contribution in [0, 0.1) is 16.0 Å². The van der Waals surface area contributed by atoms with Crippen molar-refractivity contribution in [3.63, 3.8) is 0 Å². The molecule has 130 valence electrons. The maximum Gasteiger partial charge on any atom is 0.294 e. The molecule has 8 heteroatoms. The van der Waals surface area contributed by atoms with Crippen LogP contribution < -0.4 is 10.6 Å². The van der Waals surface area contributed by atoms with Crippen LogP contribution in [0.4, 0.5) is 11.4 Å². The summed E-state index contributed by atoms with van der Waals surface area (Å²) in [6.45, 7) is 0. The predicted molar refractivity (Wildman–Crippen MR) is 98.3 cm³/mol. The molecule has 0 aliphatic heterocycles. The highest BCUT2D eigenvalue weighted by Crippen LogP contribution is 2.28. The van der Waals surface area contributed by atoms with E-state index in [9.17, 15) is 14.9 Å². The zero-order valence-electron chi connectivity index (χ0n) is 13.2. The van der Waals surface area contributed by atoms with Crippen molar-refractivity contribution >= 4 is 46.2 Å². The Balaban J connectivity index is 1.84. The molecule has 1 fully saturated rings. The number of amides is 1. The fraction of sp³-hybridized carbons (Fsp3) is 0.500. The van der Waals surface area contributed by atoms with E-state index < -0.39 is 4.92 Å². The lowest BCUT2D eigenvalue weighted by molar-refractivity contribution is -0.383. The molecule has 0 saturated heterocycles. The van der Waals surface area contributed by atoms with Gasteiger partial charge in [0.15, 0.2) is 5.11 Å². The van der Waals surface area contributed by atoms with Crippen LogP contribution in [-0.4, -0.2) is 15.9 Å². The van der Waals surface area contributed by atoms with Gasteiger partial charge in [-0.3, -0.25) is 14.9 Å². The first-order valence-corrected chi connectivity index (χ1v) is 8.79. The lowest BCUT2D eigenvalue weighted by atomic mass is 9.86. The zero-order chi connectivity index (χ0) is 17.5. The van der Waals surface area contributed by atoms with Gasteiger partial charge in [-0.05, 0) is 36.7 Å². The van der Waals surface area contributed by atoms with Crippen molar-refractivity contribution in [2.45, 2.75) is 44.9 Å². The largest absolute Gasteiger partial charge is 0.327 e. The molecule has 0 heterocycles.